The molecule has 0 bridgehead atoms. The minimum atomic E-state index is -4.43. The zero-order valence-corrected chi connectivity index (χ0v) is 9.28. The number of aliphatic hydroxyl groups excluding tert-OH is 1. The summed E-state index contributed by atoms with van der Waals surface area (Å²) >= 11 is 0. The van der Waals surface area contributed by atoms with Crippen LogP contribution in [0.25, 0.3) is 11.1 Å². The van der Waals surface area contributed by atoms with E-state index in [0.717, 1.165) is 6.07 Å². The Bertz CT molecular complexity index is 552. The van der Waals surface area contributed by atoms with E-state index in [4.69, 9.17) is 5.11 Å². The Morgan fingerprint density at radius 2 is 1.78 bits per heavy atom. The number of alkyl halides is 3. The summed E-state index contributed by atoms with van der Waals surface area (Å²) in [6.07, 6.45) is -1.67. The number of nitrogens with zero attached hydrogens (tertiary/aromatic N) is 1. The Balaban J connectivity index is 2.65. The van der Waals surface area contributed by atoms with Crippen molar-refractivity contribution in [2.24, 2.45) is 0 Å². The van der Waals surface area contributed by atoms with E-state index in [0.29, 0.717) is 11.1 Å². The summed E-state index contributed by atoms with van der Waals surface area (Å²) in [5, 5.41) is 9.16. The molecule has 1 heterocycles. The lowest BCUT2D eigenvalue weighted by Crippen LogP contribution is -2.07. The van der Waals surface area contributed by atoms with E-state index in [9.17, 15) is 13.2 Å². The van der Waals surface area contributed by atoms with E-state index in [1.54, 1.807) is 0 Å². The molecule has 18 heavy (non-hydrogen) atoms. The Morgan fingerprint density at radius 1 is 1.06 bits per heavy atom. The lowest BCUT2D eigenvalue weighted by atomic mass is 9.97. The largest absolute Gasteiger partial charge is 0.417 e. The number of rotatable bonds is 2. The molecule has 0 unspecified atom stereocenters. The minimum absolute atomic E-state index is 0.0298. The second-order valence-electron chi connectivity index (χ2n) is 3.73. The molecule has 5 heteroatoms. The summed E-state index contributed by atoms with van der Waals surface area (Å²) in [7, 11) is 0. The molecule has 2 nitrogen and oxygen atoms in total. The molecule has 0 spiro atoms. The Kier molecular flexibility index (Phi) is 3.34. The molecule has 0 aliphatic carbocycles. The molecule has 0 atom stereocenters. The molecule has 1 aromatic heterocycles. The summed E-state index contributed by atoms with van der Waals surface area (Å²) in [5.74, 6) is 0. The average Bonchev–Trinajstić information content (AvgIpc) is 2.37. The van der Waals surface area contributed by atoms with E-state index in [-0.39, 0.29) is 12.2 Å². The van der Waals surface area contributed by atoms with Gasteiger partial charge in [0, 0.05) is 18.0 Å². The van der Waals surface area contributed by atoms with Gasteiger partial charge in [-0.2, -0.15) is 13.2 Å². The van der Waals surface area contributed by atoms with Crippen LogP contribution in [-0.2, 0) is 12.8 Å². The second-order valence-corrected chi connectivity index (χ2v) is 3.73. The van der Waals surface area contributed by atoms with Crippen LogP contribution in [0.3, 0.4) is 0 Å². The Hall–Kier alpha value is -1.88. The molecule has 0 aliphatic rings. The molecule has 0 radical (unpaired) electrons. The normalized spacial score (nSPS) is 11.6. The first kappa shape index (κ1) is 12.6. The van der Waals surface area contributed by atoms with E-state index in [2.05, 4.69) is 4.98 Å². The van der Waals surface area contributed by atoms with Gasteiger partial charge in [-0.25, -0.2) is 0 Å². The van der Waals surface area contributed by atoms with Crippen molar-refractivity contribution < 1.29 is 18.3 Å². The quantitative estimate of drug-likeness (QED) is 0.891. The zero-order valence-electron chi connectivity index (χ0n) is 9.28. The molecule has 94 valence electrons. The lowest BCUT2D eigenvalue weighted by Gasteiger charge is -2.14. The van der Waals surface area contributed by atoms with E-state index in [1.165, 1.54) is 36.7 Å². The third-order valence-electron chi connectivity index (χ3n) is 2.60. The first-order valence-corrected chi connectivity index (χ1v) is 5.24. The third-order valence-corrected chi connectivity index (χ3v) is 2.60. The molecule has 2 aromatic rings. The number of hydrogen-bond acceptors (Lipinski definition) is 2. The maximum absolute atomic E-state index is 12.9. The highest BCUT2D eigenvalue weighted by Crippen LogP contribution is 2.37. The topological polar surface area (TPSA) is 33.1 Å². The zero-order chi connectivity index (χ0) is 13.2. The number of benzene rings is 1. The van der Waals surface area contributed by atoms with Gasteiger partial charge in [0.05, 0.1) is 12.2 Å². The third kappa shape index (κ3) is 2.36. The van der Waals surface area contributed by atoms with Gasteiger partial charge in [-0.3, -0.25) is 4.98 Å². The number of aliphatic hydroxyl groups is 1. The number of aromatic nitrogens is 1. The van der Waals surface area contributed by atoms with Crippen molar-refractivity contribution in [3.63, 3.8) is 0 Å². The molecule has 1 aromatic carbocycles. The van der Waals surface area contributed by atoms with Gasteiger partial charge in [0.2, 0.25) is 0 Å². The van der Waals surface area contributed by atoms with Crippen molar-refractivity contribution in [1.82, 2.24) is 4.98 Å². The Labute approximate surface area is 102 Å². The van der Waals surface area contributed by atoms with Gasteiger partial charge in [0.1, 0.15) is 0 Å². The molecular weight excluding hydrogens is 243 g/mol. The summed E-state index contributed by atoms with van der Waals surface area (Å²) in [4.78, 5) is 3.81. The predicted molar refractivity (Wildman–Crippen MR) is 60.6 cm³/mol. The lowest BCUT2D eigenvalue weighted by molar-refractivity contribution is -0.137. The van der Waals surface area contributed by atoms with Crippen molar-refractivity contribution in [3.8, 4) is 11.1 Å². The van der Waals surface area contributed by atoms with Crippen molar-refractivity contribution in [1.29, 1.82) is 0 Å². The van der Waals surface area contributed by atoms with E-state index in [1.807, 2.05) is 0 Å². The van der Waals surface area contributed by atoms with E-state index >= 15 is 0 Å². The van der Waals surface area contributed by atoms with Gasteiger partial charge in [-0.1, -0.05) is 18.2 Å². The highest BCUT2D eigenvalue weighted by molar-refractivity contribution is 5.70. The molecule has 2 rings (SSSR count). The van der Waals surface area contributed by atoms with Crippen LogP contribution in [0.1, 0.15) is 11.1 Å². The monoisotopic (exact) mass is 253 g/mol. The maximum atomic E-state index is 12.9. The fourth-order valence-electron chi connectivity index (χ4n) is 1.77. The molecule has 1 N–H and O–H groups in total. The van der Waals surface area contributed by atoms with Crippen LogP contribution in [0.15, 0.2) is 42.7 Å². The molecular formula is C13H10F3NO. The average molecular weight is 253 g/mol. The van der Waals surface area contributed by atoms with Crippen LogP contribution in [0.5, 0.6) is 0 Å². The summed E-state index contributed by atoms with van der Waals surface area (Å²) in [6.45, 7) is -0.329. The summed E-state index contributed by atoms with van der Waals surface area (Å²) in [6, 6.07) is 6.75. The fraction of sp³-hybridized carbons (Fsp3) is 0.154. The van der Waals surface area contributed by atoms with Crippen molar-refractivity contribution in [2.75, 3.05) is 0 Å². The van der Waals surface area contributed by atoms with Gasteiger partial charge in [-0.15, -0.1) is 0 Å². The van der Waals surface area contributed by atoms with Gasteiger partial charge in [-0.05, 0) is 23.3 Å². The highest BCUT2D eigenvalue weighted by Gasteiger charge is 2.33. The van der Waals surface area contributed by atoms with Crippen LogP contribution in [0, 0.1) is 0 Å². The molecule has 0 saturated carbocycles. The molecule has 0 amide bonds. The van der Waals surface area contributed by atoms with Crippen LogP contribution in [-0.4, -0.2) is 10.1 Å². The van der Waals surface area contributed by atoms with Gasteiger partial charge < -0.3 is 5.11 Å². The number of pyridine rings is 1. The highest BCUT2D eigenvalue weighted by atomic mass is 19.4. The first-order chi connectivity index (χ1) is 8.54. The standard InChI is InChI=1S/C13H10F3NO/c14-13(15,16)12-4-2-1-3-10(12)11-7-17-6-5-9(11)8-18/h1-7,18H,8H2. The predicted octanol–water partition coefficient (Wildman–Crippen LogP) is 3.26. The summed E-state index contributed by atoms with van der Waals surface area (Å²) < 4.78 is 38.7. The van der Waals surface area contributed by atoms with Crippen LogP contribution in [0.4, 0.5) is 13.2 Å². The van der Waals surface area contributed by atoms with Crippen LogP contribution < -0.4 is 0 Å². The first-order valence-electron chi connectivity index (χ1n) is 5.24. The second kappa shape index (κ2) is 4.78. The smallest absolute Gasteiger partial charge is 0.392 e. The van der Waals surface area contributed by atoms with Gasteiger partial charge >= 0.3 is 6.18 Å². The fourth-order valence-corrected chi connectivity index (χ4v) is 1.77. The van der Waals surface area contributed by atoms with Crippen molar-refractivity contribution in [3.05, 3.63) is 53.9 Å². The van der Waals surface area contributed by atoms with Gasteiger partial charge in [0.15, 0.2) is 0 Å². The van der Waals surface area contributed by atoms with Gasteiger partial charge in [0.25, 0.3) is 0 Å². The number of hydrogen-bond donors (Lipinski definition) is 1. The maximum Gasteiger partial charge on any atom is 0.417 e. The molecule has 0 aliphatic heterocycles. The number of halogens is 3. The molecule has 0 fully saturated rings. The van der Waals surface area contributed by atoms with E-state index < -0.39 is 11.7 Å². The Morgan fingerprint density at radius 3 is 2.44 bits per heavy atom. The van der Waals surface area contributed by atoms with Crippen molar-refractivity contribution >= 4 is 0 Å². The minimum Gasteiger partial charge on any atom is -0.392 e. The van der Waals surface area contributed by atoms with Crippen LogP contribution >= 0.6 is 0 Å². The summed E-state index contributed by atoms with van der Waals surface area (Å²) in [5.41, 5.74) is 0.0180. The van der Waals surface area contributed by atoms with Crippen LogP contribution in [0.2, 0.25) is 0 Å². The SMILES string of the molecule is OCc1ccncc1-c1ccccc1C(F)(F)F. The molecule has 0 saturated heterocycles. The van der Waals surface area contributed by atoms with Crippen molar-refractivity contribution in [2.45, 2.75) is 12.8 Å².